The van der Waals surface area contributed by atoms with Gasteiger partial charge in [0.1, 0.15) is 0 Å². The first-order chi connectivity index (χ1) is 8.61. The maximum atomic E-state index is 9.93. The molecule has 1 aliphatic heterocycles. The van der Waals surface area contributed by atoms with Gasteiger partial charge in [-0.3, -0.25) is 0 Å². The van der Waals surface area contributed by atoms with Crippen molar-refractivity contribution >= 4 is 17.3 Å². The molecule has 2 rings (SSSR count). The van der Waals surface area contributed by atoms with Gasteiger partial charge in [-0.25, -0.2) is 0 Å². The Hall–Kier alpha value is -0.770. The van der Waals surface area contributed by atoms with Crippen LogP contribution >= 0.6 is 11.6 Å². The summed E-state index contributed by atoms with van der Waals surface area (Å²) in [5.74, 6) is 0.389. The van der Waals surface area contributed by atoms with Crippen LogP contribution in [0.3, 0.4) is 0 Å². The van der Waals surface area contributed by atoms with Crippen molar-refractivity contribution in [1.82, 2.24) is 5.32 Å². The van der Waals surface area contributed by atoms with Gasteiger partial charge >= 0.3 is 0 Å². The van der Waals surface area contributed by atoms with Gasteiger partial charge in [0.05, 0.1) is 6.10 Å². The number of hydrogen-bond donors (Lipinski definition) is 2. The Labute approximate surface area is 114 Å². The second-order valence-electron chi connectivity index (χ2n) is 5.09. The number of rotatable bonds is 3. The summed E-state index contributed by atoms with van der Waals surface area (Å²) in [6.45, 7) is 4.56. The first-order valence-corrected chi connectivity index (χ1v) is 6.85. The van der Waals surface area contributed by atoms with E-state index in [4.69, 9.17) is 11.6 Å². The summed E-state index contributed by atoms with van der Waals surface area (Å²) in [5.41, 5.74) is 2.21. The first kappa shape index (κ1) is 13.7. The summed E-state index contributed by atoms with van der Waals surface area (Å²) in [4.78, 5) is 2.21. The maximum absolute atomic E-state index is 9.93. The van der Waals surface area contributed by atoms with Crippen molar-refractivity contribution in [1.29, 1.82) is 0 Å². The van der Waals surface area contributed by atoms with Crippen LogP contribution in [-0.2, 0) is 6.54 Å². The zero-order valence-corrected chi connectivity index (χ0v) is 11.7. The molecule has 0 aliphatic carbocycles. The summed E-state index contributed by atoms with van der Waals surface area (Å²) in [7, 11) is 1.91. The molecular formula is C14H21ClN2O. The molecule has 2 atom stereocenters. The van der Waals surface area contributed by atoms with Crippen LogP contribution in [0, 0.1) is 5.92 Å². The number of halogens is 1. The van der Waals surface area contributed by atoms with Crippen LogP contribution < -0.4 is 10.2 Å². The molecule has 0 amide bonds. The van der Waals surface area contributed by atoms with Gasteiger partial charge in [0.25, 0.3) is 0 Å². The van der Waals surface area contributed by atoms with Gasteiger partial charge in [-0.05, 0) is 37.1 Å². The number of nitrogens with one attached hydrogen (secondary N) is 1. The summed E-state index contributed by atoms with van der Waals surface area (Å²) >= 11 is 6.26. The summed E-state index contributed by atoms with van der Waals surface area (Å²) in [5, 5.41) is 13.8. The average molecular weight is 269 g/mol. The van der Waals surface area contributed by atoms with Crippen molar-refractivity contribution < 1.29 is 5.11 Å². The number of benzene rings is 1. The third-order valence-electron chi connectivity index (χ3n) is 3.69. The van der Waals surface area contributed by atoms with Gasteiger partial charge in [-0.15, -0.1) is 0 Å². The zero-order valence-electron chi connectivity index (χ0n) is 11.0. The molecule has 3 nitrogen and oxygen atoms in total. The van der Waals surface area contributed by atoms with Gasteiger partial charge in [-0.2, -0.15) is 0 Å². The molecular weight excluding hydrogens is 248 g/mol. The molecule has 0 saturated carbocycles. The molecule has 1 aromatic rings. The van der Waals surface area contributed by atoms with E-state index in [9.17, 15) is 5.11 Å². The van der Waals surface area contributed by atoms with E-state index in [0.717, 1.165) is 35.8 Å². The lowest BCUT2D eigenvalue weighted by Crippen LogP contribution is -2.42. The van der Waals surface area contributed by atoms with Gasteiger partial charge < -0.3 is 15.3 Å². The molecule has 100 valence electrons. The lowest BCUT2D eigenvalue weighted by Gasteiger charge is -2.36. The molecule has 1 heterocycles. The molecule has 1 aliphatic rings. The molecule has 18 heavy (non-hydrogen) atoms. The summed E-state index contributed by atoms with van der Waals surface area (Å²) in [6, 6.07) is 6.14. The van der Waals surface area contributed by atoms with E-state index >= 15 is 0 Å². The Kier molecular flexibility index (Phi) is 4.49. The predicted molar refractivity (Wildman–Crippen MR) is 76.2 cm³/mol. The Bertz CT molecular complexity index is 411. The fraction of sp³-hybridized carbons (Fsp3) is 0.571. The van der Waals surface area contributed by atoms with Crippen LogP contribution in [0.15, 0.2) is 18.2 Å². The number of aliphatic hydroxyl groups is 1. The number of β-amino-alcohol motifs (C(OH)–C–C–N with tert-alkyl or cyclic N) is 1. The Balaban J connectivity index is 2.12. The molecule has 0 bridgehead atoms. The Morgan fingerprint density at radius 3 is 2.89 bits per heavy atom. The molecule has 0 spiro atoms. The van der Waals surface area contributed by atoms with Gasteiger partial charge in [0, 0.05) is 30.3 Å². The predicted octanol–water partition coefficient (Wildman–Crippen LogP) is 2.27. The monoisotopic (exact) mass is 268 g/mol. The second-order valence-corrected chi connectivity index (χ2v) is 5.49. The van der Waals surface area contributed by atoms with Gasteiger partial charge in [0.15, 0.2) is 0 Å². The summed E-state index contributed by atoms with van der Waals surface area (Å²) < 4.78 is 0. The lowest BCUT2D eigenvalue weighted by molar-refractivity contribution is 0.103. The number of nitrogens with zero attached hydrogens (tertiary/aromatic N) is 1. The SMILES string of the molecule is CNCc1ccc(N2CCC(C)C(O)C2)cc1Cl. The molecule has 4 heteroatoms. The van der Waals surface area contributed by atoms with E-state index in [1.165, 1.54) is 0 Å². The fourth-order valence-corrected chi connectivity index (χ4v) is 2.59. The van der Waals surface area contributed by atoms with Crippen molar-refractivity contribution in [3.8, 4) is 0 Å². The van der Waals surface area contributed by atoms with Gasteiger partial charge in [0.2, 0.25) is 0 Å². The number of aliphatic hydroxyl groups excluding tert-OH is 1. The highest BCUT2D eigenvalue weighted by Crippen LogP contribution is 2.27. The van der Waals surface area contributed by atoms with E-state index in [2.05, 4.69) is 29.3 Å². The minimum Gasteiger partial charge on any atom is -0.391 e. The summed E-state index contributed by atoms with van der Waals surface area (Å²) in [6.07, 6.45) is 0.784. The number of hydrogen-bond acceptors (Lipinski definition) is 3. The standard InChI is InChI=1S/C14H21ClN2O/c1-10-5-6-17(9-14(10)18)12-4-3-11(8-16-2)13(15)7-12/h3-4,7,10,14,16,18H,5-6,8-9H2,1-2H3. The van der Waals surface area contributed by atoms with E-state index < -0.39 is 0 Å². The average Bonchev–Trinajstić information content (AvgIpc) is 2.35. The maximum Gasteiger partial charge on any atom is 0.0741 e. The number of anilines is 1. The Morgan fingerprint density at radius 2 is 2.28 bits per heavy atom. The van der Waals surface area contributed by atoms with E-state index in [-0.39, 0.29) is 6.10 Å². The van der Waals surface area contributed by atoms with Crippen molar-refractivity contribution in [2.75, 3.05) is 25.0 Å². The minimum atomic E-state index is -0.241. The highest BCUT2D eigenvalue weighted by atomic mass is 35.5. The molecule has 1 saturated heterocycles. The molecule has 0 radical (unpaired) electrons. The van der Waals surface area contributed by atoms with Gasteiger partial charge in [-0.1, -0.05) is 24.6 Å². The molecule has 0 aromatic heterocycles. The van der Waals surface area contributed by atoms with Crippen LogP contribution in [0.25, 0.3) is 0 Å². The van der Waals surface area contributed by atoms with Crippen LogP contribution in [0.2, 0.25) is 5.02 Å². The largest absolute Gasteiger partial charge is 0.391 e. The van der Waals surface area contributed by atoms with Crippen molar-refractivity contribution in [3.63, 3.8) is 0 Å². The first-order valence-electron chi connectivity index (χ1n) is 6.48. The highest BCUT2D eigenvalue weighted by molar-refractivity contribution is 6.31. The second kappa shape index (κ2) is 5.91. The molecule has 2 N–H and O–H groups in total. The quantitative estimate of drug-likeness (QED) is 0.883. The van der Waals surface area contributed by atoms with E-state index in [1.807, 2.05) is 13.1 Å². The Morgan fingerprint density at radius 1 is 1.50 bits per heavy atom. The van der Waals surface area contributed by atoms with E-state index in [1.54, 1.807) is 0 Å². The lowest BCUT2D eigenvalue weighted by atomic mass is 9.95. The third-order valence-corrected chi connectivity index (χ3v) is 4.04. The minimum absolute atomic E-state index is 0.241. The third kappa shape index (κ3) is 2.97. The molecule has 2 unspecified atom stereocenters. The van der Waals surface area contributed by atoms with Crippen molar-refractivity contribution in [2.24, 2.45) is 5.92 Å². The fourth-order valence-electron chi connectivity index (χ4n) is 2.35. The molecule has 1 fully saturated rings. The van der Waals surface area contributed by atoms with E-state index in [0.29, 0.717) is 12.5 Å². The van der Waals surface area contributed by atoms with Crippen molar-refractivity contribution in [3.05, 3.63) is 28.8 Å². The number of piperidine rings is 1. The normalized spacial score (nSPS) is 24.3. The highest BCUT2D eigenvalue weighted by Gasteiger charge is 2.24. The smallest absolute Gasteiger partial charge is 0.0741 e. The van der Waals surface area contributed by atoms with Crippen molar-refractivity contribution in [2.45, 2.75) is 26.0 Å². The molecule has 1 aromatic carbocycles. The van der Waals surface area contributed by atoms with Crippen LogP contribution in [0.1, 0.15) is 18.9 Å². The van der Waals surface area contributed by atoms with Crippen LogP contribution in [-0.4, -0.2) is 31.3 Å². The topological polar surface area (TPSA) is 35.5 Å². The van der Waals surface area contributed by atoms with Crippen LogP contribution in [0.4, 0.5) is 5.69 Å². The van der Waals surface area contributed by atoms with Crippen LogP contribution in [0.5, 0.6) is 0 Å². The zero-order chi connectivity index (χ0) is 13.1.